The van der Waals surface area contributed by atoms with E-state index in [1.165, 1.54) is 18.9 Å². The molecule has 0 saturated heterocycles. The van der Waals surface area contributed by atoms with Crippen LogP contribution in [0.4, 0.5) is 8.78 Å². The Balaban J connectivity index is 2.06. The topological polar surface area (TPSA) is 29.3 Å². The third-order valence-electron chi connectivity index (χ3n) is 3.48. The van der Waals surface area contributed by atoms with Crippen LogP contribution in [0.25, 0.3) is 0 Å². The van der Waals surface area contributed by atoms with Crippen molar-refractivity contribution in [2.45, 2.75) is 38.8 Å². The minimum absolute atomic E-state index is 0.273. The molecule has 2 rings (SSSR count). The first-order valence-corrected chi connectivity index (χ1v) is 6.92. The van der Waals surface area contributed by atoms with Crippen molar-refractivity contribution in [1.82, 2.24) is 4.90 Å². The summed E-state index contributed by atoms with van der Waals surface area (Å²) in [6.45, 7) is 5.85. The van der Waals surface area contributed by atoms with Crippen LogP contribution in [0.15, 0.2) is 18.2 Å². The number of nitrogens with zero attached hydrogens (tertiary/aromatic N) is 1. The maximum absolute atomic E-state index is 13.7. The van der Waals surface area contributed by atoms with Crippen molar-refractivity contribution in [3.8, 4) is 0 Å². The zero-order chi connectivity index (χ0) is 14.0. The Morgan fingerprint density at radius 1 is 1.26 bits per heavy atom. The summed E-state index contributed by atoms with van der Waals surface area (Å²) in [7, 11) is 0. The Morgan fingerprint density at radius 3 is 2.53 bits per heavy atom. The van der Waals surface area contributed by atoms with Gasteiger partial charge in [-0.1, -0.05) is 26.0 Å². The van der Waals surface area contributed by atoms with E-state index in [2.05, 4.69) is 18.7 Å². The SMILES string of the molecule is CC(C)CN(CC(N)c1cccc(F)c1F)C1CC1. The Labute approximate surface area is 113 Å². The molecule has 1 aromatic rings. The van der Waals surface area contributed by atoms with Gasteiger partial charge in [-0.15, -0.1) is 0 Å². The normalized spacial score (nSPS) is 17.2. The van der Waals surface area contributed by atoms with E-state index >= 15 is 0 Å². The van der Waals surface area contributed by atoms with Crippen molar-refractivity contribution in [2.75, 3.05) is 13.1 Å². The molecule has 1 fully saturated rings. The molecule has 0 spiro atoms. The second-order valence-electron chi connectivity index (χ2n) is 5.83. The summed E-state index contributed by atoms with van der Waals surface area (Å²) >= 11 is 0. The van der Waals surface area contributed by atoms with Gasteiger partial charge in [0.15, 0.2) is 11.6 Å². The molecule has 0 aliphatic heterocycles. The fourth-order valence-electron chi connectivity index (χ4n) is 2.44. The van der Waals surface area contributed by atoms with Gasteiger partial charge in [-0.05, 0) is 24.8 Å². The lowest BCUT2D eigenvalue weighted by Gasteiger charge is -2.27. The predicted octanol–water partition coefficient (Wildman–Crippen LogP) is 3.09. The summed E-state index contributed by atoms with van der Waals surface area (Å²) in [6, 6.07) is 4.31. The van der Waals surface area contributed by atoms with E-state index < -0.39 is 17.7 Å². The van der Waals surface area contributed by atoms with Gasteiger partial charge in [-0.3, -0.25) is 4.90 Å². The van der Waals surface area contributed by atoms with Gasteiger partial charge in [0.1, 0.15) is 0 Å². The van der Waals surface area contributed by atoms with Crippen molar-refractivity contribution in [3.63, 3.8) is 0 Å². The fraction of sp³-hybridized carbons (Fsp3) is 0.600. The number of hydrogen-bond donors (Lipinski definition) is 1. The molecular formula is C15H22F2N2. The van der Waals surface area contributed by atoms with Gasteiger partial charge in [0.05, 0.1) is 0 Å². The van der Waals surface area contributed by atoms with Crippen LogP contribution in [0.3, 0.4) is 0 Å². The van der Waals surface area contributed by atoms with Crippen LogP contribution < -0.4 is 5.73 Å². The molecular weight excluding hydrogens is 246 g/mol. The standard InChI is InChI=1S/C15H22F2N2/c1-10(2)8-19(11-6-7-11)9-14(18)12-4-3-5-13(16)15(12)17/h3-5,10-11,14H,6-9,18H2,1-2H3. The number of nitrogens with two attached hydrogens (primary N) is 1. The van der Waals surface area contributed by atoms with Gasteiger partial charge in [-0.2, -0.15) is 0 Å². The van der Waals surface area contributed by atoms with E-state index in [0.717, 1.165) is 12.6 Å². The number of hydrogen-bond acceptors (Lipinski definition) is 2. The van der Waals surface area contributed by atoms with Crippen LogP contribution in [0, 0.1) is 17.6 Å². The van der Waals surface area contributed by atoms with E-state index in [4.69, 9.17) is 5.73 Å². The van der Waals surface area contributed by atoms with Gasteiger partial charge in [0.2, 0.25) is 0 Å². The van der Waals surface area contributed by atoms with Gasteiger partial charge in [-0.25, -0.2) is 8.78 Å². The van der Waals surface area contributed by atoms with Crippen LogP contribution in [0.1, 0.15) is 38.3 Å². The van der Waals surface area contributed by atoms with Crippen LogP contribution >= 0.6 is 0 Å². The van der Waals surface area contributed by atoms with E-state index in [1.807, 2.05) is 0 Å². The molecule has 2 nitrogen and oxygen atoms in total. The molecule has 1 aliphatic rings. The molecule has 19 heavy (non-hydrogen) atoms. The van der Waals surface area contributed by atoms with Gasteiger partial charge in [0.25, 0.3) is 0 Å². The molecule has 106 valence electrons. The molecule has 4 heteroatoms. The first-order valence-electron chi connectivity index (χ1n) is 6.92. The van der Waals surface area contributed by atoms with Gasteiger partial charge < -0.3 is 5.73 Å². The van der Waals surface area contributed by atoms with Crippen molar-refractivity contribution in [1.29, 1.82) is 0 Å². The molecule has 1 unspecified atom stereocenters. The fourth-order valence-corrected chi connectivity index (χ4v) is 2.44. The summed E-state index contributed by atoms with van der Waals surface area (Å²) in [5, 5.41) is 0. The summed E-state index contributed by atoms with van der Waals surface area (Å²) in [5.41, 5.74) is 6.33. The molecule has 1 saturated carbocycles. The first kappa shape index (κ1) is 14.4. The van der Waals surface area contributed by atoms with Crippen LogP contribution in [-0.2, 0) is 0 Å². The molecule has 1 aliphatic carbocycles. The van der Waals surface area contributed by atoms with Crippen LogP contribution in [-0.4, -0.2) is 24.0 Å². The van der Waals surface area contributed by atoms with E-state index in [9.17, 15) is 8.78 Å². The van der Waals surface area contributed by atoms with E-state index in [1.54, 1.807) is 6.07 Å². The van der Waals surface area contributed by atoms with Gasteiger partial charge >= 0.3 is 0 Å². The molecule has 0 heterocycles. The quantitative estimate of drug-likeness (QED) is 0.859. The molecule has 0 radical (unpaired) electrons. The third-order valence-corrected chi connectivity index (χ3v) is 3.48. The van der Waals surface area contributed by atoms with Crippen molar-refractivity contribution in [3.05, 3.63) is 35.4 Å². The molecule has 1 atom stereocenters. The third kappa shape index (κ3) is 3.74. The van der Waals surface area contributed by atoms with Crippen molar-refractivity contribution in [2.24, 2.45) is 11.7 Å². The Morgan fingerprint density at radius 2 is 1.95 bits per heavy atom. The second kappa shape index (κ2) is 5.97. The van der Waals surface area contributed by atoms with Gasteiger partial charge in [0, 0.05) is 30.7 Å². The molecule has 0 amide bonds. The highest BCUT2D eigenvalue weighted by Gasteiger charge is 2.31. The average molecular weight is 268 g/mol. The van der Waals surface area contributed by atoms with Crippen LogP contribution in [0.2, 0.25) is 0 Å². The van der Waals surface area contributed by atoms with Crippen molar-refractivity contribution < 1.29 is 8.78 Å². The minimum Gasteiger partial charge on any atom is -0.323 e. The maximum Gasteiger partial charge on any atom is 0.163 e. The smallest absolute Gasteiger partial charge is 0.163 e. The number of halogens is 2. The minimum atomic E-state index is -0.824. The van der Waals surface area contributed by atoms with Crippen molar-refractivity contribution >= 4 is 0 Å². The zero-order valence-electron chi connectivity index (χ0n) is 11.6. The average Bonchev–Trinajstić information content (AvgIpc) is 3.15. The second-order valence-corrected chi connectivity index (χ2v) is 5.83. The van der Waals surface area contributed by atoms with E-state index in [0.29, 0.717) is 18.5 Å². The summed E-state index contributed by atoms with van der Waals surface area (Å²) in [4.78, 5) is 2.31. The molecule has 0 aromatic heterocycles. The summed E-state index contributed by atoms with van der Waals surface area (Å²) in [5.74, 6) is -1.09. The molecule has 2 N–H and O–H groups in total. The highest BCUT2D eigenvalue weighted by molar-refractivity contribution is 5.22. The predicted molar refractivity (Wildman–Crippen MR) is 72.7 cm³/mol. The largest absolute Gasteiger partial charge is 0.323 e. The Kier molecular flexibility index (Phi) is 4.53. The highest BCUT2D eigenvalue weighted by atomic mass is 19.2. The summed E-state index contributed by atoms with van der Waals surface area (Å²) in [6.07, 6.45) is 2.37. The Hall–Kier alpha value is -1.00. The van der Waals surface area contributed by atoms with Crippen LogP contribution in [0.5, 0.6) is 0 Å². The zero-order valence-corrected chi connectivity index (χ0v) is 11.6. The number of rotatable bonds is 6. The summed E-state index contributed by atoms with van der Waals surface area (Å²) < 4.78 is 26.9. The molecule has 0 bridgehead atoms. The molecule has 1 aromatic carbocycles. The number of benzene rings is 1. The lowest BCUT2D eigenvalue weighted by Crippen LogP contribution is -2.36. The lowest BCUT2D eigenvalue weighted by atomic mass is 10.1. The monoisotopic (exact) mass is 268 g/mol. The highest BCUT2D eigenvalue weighted by Crippen LogP contribution is 2.29. The first-order chi connectivity index (χ1) is 8.99. The maximum atomic E-state index is 13.7. The lowest BCUT2D eigenvalue weighted by molar-refractivity contribution is 0.219. The Bertz CT molecular complexity index is 430. The van der Waals surface area contributed by atoms with E-state index in [-0.39, 0.29) is 5.56 Å².